The smallest absolute Gasteiger partial charge is 0.323 e. The fourth-order valence-electron chi connectivity index (χ4n) is 3.05. The van der Waals surface area contributed by atoms with Gasteiger partial charge in [0.1, 0.15) is 11.4 Å². The van der Waals surface area contributed by atoms with E-state index in [1.807, 2.05) is 60.1 Å². The van der Waals surface area contributed by atoms with E-state index < -0.39 is 0 Å². The van der Waals surface area contributed by atoms with E-state index in [0.29, 0.717) is 22.1 Å². The molecule has 0 fully saturated rings. The molecule has 0 aliphatic rings. The average Bonchev–Trinajstić information content (AvgIpc) is 3.14. The summed E-state index contributed by atoms with van der Waals surface area (Å²) in [6.07, 6.45) is 3.97. The van der Waals surface area contributed by atoms with E-state index in [9.17, 15) is 4.79 Å². The van der Waals surface area contributed by atoms with Crippen LogP contribution in [0.4, 0.5) is 16.2 Å². The van der Waals surface area contributed by atoms with Crippen molar-refractivity contribution < 1.29 is 9.53 Å². The summed E-state index contributed by atoms with van der Waals surface area (Å²) in [6, 6.07) is 16.3. The topological polar surface area (TPSA) is 67.7 Å². The van der Waals surface area contributed by atoms with Gasteiger partial charge in [-0.05, 0) is 48.9 Å². The fraction of sp³-hybridized carbons (Fsp3) is 0.0909. The third kappa shape index (κ3) is 4.02. The van der Waals surface area contributed by atoms with Gasteiger partial charge in [0.15, 0.2) is 0 Å². The number of rotatable bonds is 4. The lowest BCUT2D eigenvalue weighted by molar-refractivity contribution is 0.262. The van der Waals surface area contributed by atoms with E-state index in [0.717, 1.165) is 22.5 Å². The molecule has 2 aromatic heterocycles. The van der Waals surface area contributed by atoms with Crippen LogP contribution in [-0.4, -0.2) is 22.5 Å². The summed E-state index contributed by atoms with van der Waals surface area (Å²) < 4.78 is 7.11. The van der Waals surface area contributed by atoms with Crippen molar-refractivity contribution in [3.8, 4) is 17.0 Å². The van der Waals surface area contributed by atoms with E-state index in [1.54, 1.807) is 18.2 Å². The third-order valence-electron chi connectivity index (χ3n) is 4.53. The molecule has 7 heteroatoms. The monoisotopic (exact) mass is 406 g/mol. The number of halogens is 1. The predicted molar refractivity (Wildman–Crippen MR) is 116 cm³/mol. The van der Waals surface area contributed by atoms with Crippen molar-refractivity contribution in [3.63, 3.8) is 0 Å². The van der Waals surface area contributed by atoms with Crippen LogP contribution < -0.4 is 15.4 Å². The Hall–Kier alpha value is -3.51. The predicted octanol–water partition coefficient (Wildman–Crippen LogP) is 5.62. The minimum absolute atomic E-state index is 0.359. The number of hydrogen-bond acceptors (Lipinski definition) is 3. The lowest BCUT2D eigenvalue weighted by Gasteiger charge is -2.09. The molecule has 0 aliphatic carbocycles. The van der Waals surface area contributed by atoms with Crippen molar-refractivity contribution in [2.24, 2.45) is 0 Å². The second-order valence-electron chi connectivity index (χ2n) is 6.55. The molecule has 29 heavy (non-hydrogen) atoms. The third-order valence-corrected chi connectivity index (χ3v) is 4.82. The first-order chi connectivity index (χ1) is 14.0. The number of benzene rings is 2. The number of ether oxygens (including phenoxy) is 1. The van der Waals surface area contributed by atoms with Gasteiger partial charge in [-0.3, -0.25) is 0 Å². The molecule has 0 aliphatic heterocycles. The number of imidazole rings is 1. The highest BCUT2D eigenvalue weighted by atomic mass is 35.5. The van der Waals surface area contributed by atoms with Crippen LogP contribution in [0.15, 0.2) is 67.0 Å². The summed E-state index contributed by atoms with van der Waals surface area (Å²) in [6.45, 7) is 2.04. The maximum atomic E-state index is 12.2. The number of hydrogen-bond donors (Lipinski definition) is 2. The second kappa shape index (κ2) is 7.85. The Morgan fingerprint density at radius 2 is 1.79 bits per heavy atom. The quantitative estimate of drug-likeness (QED) is 0.462. The van der Waals surface area contributed by atoms with Crippen molar-refractivity contribution in [1.29, 1.82) is 0 Å². The highest BCUT2D eigenvalue weighted by Crippen LogP contribution is 2.27. The van der Waals surface area contributed by atoms with Gasteiger partial charge in [-0.2, -0.15) is 0 Å². The van der Waals surface area contributed by atoms with Crippen molar-refractivity contribution in [2.45, 2.75) is 6.92 Å². The van der Waals surface area contributed by atoms with Crippen LogP contribution in [0.3, 0.4) is 0 Å². The summed E-state index contributed by atoms with van der Waals surface area (Å²) >= 11 is 6.08. The van der Waals surface area contributed by atoms with Crippen LogP contribution in [0.1, 0.15) is 5.56 Å². The Bertz CT molecular complexity index is 1190. The molecular formula is C22H19ClN4O2. The molecule has 4 rings (SSSR count). The van der Waals surface area contributed by atoms with Gasteiger partial charge >= 0.3 is 6.03 Å². The zero-order valence-corrected chi connectivity index (χ0v) is 16.7. The minimum Gasteiger partial charge on any atom is -0.495 e. The zero-order valence-electron chi connectivity index (χ0n) is 15.9. The van der Waals surface area contributed by atoms with Crippen molar-refractivity contribution in [1.82, 2.24) is 9.38 Å². The Morgan fingerprint density at radius 1 is 1.07 bits per heavy atom. The molecule has 2 heterocycles. The highest BCUT2D eigenvalue weighted by Gasteiger charge is 2.08. The molecule has 2 amide bonds. The summed E-state index contributed by atoms with van der Waals surface area (Å²) in [5.74, 6) is 0.551. The lowest BCUT2D eigenvalue weighted by Crippen LogP contribution is -2.19. The normalized spacial score (nSPS) is 10.7. The maximum Gasteiger partial charge on any atom is 0.323 e. The van der Waals surface area contributed by atoms with Crippen LogP contribution in [0, 0.1) is 6.92 Å². The number of anilines is 2. The van der Waals surface area contributed by atoms with Gasteiger partial charge in [0, 0.05) is 29.3 Å². The fourth-order valence-corrected chi connectivity index (χ4v) is 3.31. The summed E-state index contributed by atoms with van der Waals surface area (Å²) in [7, 11) is 1.54. The number of aromatic nitrogens is 2. The van der Waals surface area contributed by atoms with Crippen LogP contribution in [-0.2, 0) is 0 Å². The number of urea groups is 1. The summed E-state index contributed by atoms with van der Waals surface area (Å²) in [5.41, 5.74) is 5.15. The Labute approximate surface area is 173 Å². The number of nitrogens with one attached hydrogen (secondary N) is 2. The first-order valence-electron chi connectivity index (χ1n) is 9.00. The Morgan fingerprint density at radius 3 is 2.48 bits per heavy atom. The second-order valence-corrected chi connectivity index (χ2v) is 6.96. The van der Waals surface area contributed by atoms with Gasteiger partial charge in [0.2, 0.25) is 0 Å². The largest absolute Gasteiger partial charge is 0.495 e. The Kier molecular flexibility index (Phi) is 5.10. The van der Waals surface area contributed by atoms with Gasteiger partial charge in [0.05, 0.1) is 17.8 Å². The van der Waals surface area contributed by atoms with Crippen LogP contribution in [0.5, 0.6) is 5.75 Å². The number of aryl methyl sites for hydroxylation is 1. The van der Waals surface area contributed by atoms with Crippen LogP contribution in [0.25, 0.3) is 16.9 Å². The molecule has 146 valence electrons. The van der Waals surface area contributed by atoms with Crippen molar-refractivity contribution in [2.75, 3.05) is 17.7 Å². The molecule has 6 nitrogen and oxygen atoms in total. The molecule has 0 bridgehead atoms. The standard InChI is InChI=1S/C22H19ClN4O2/c1-14-4-3-11-27-13-19(26-21(14)27)15-5-7-16(8-6-15)24-22(28)25-17-9-10-20(29-2)18(23)12-17/h3-13H,1-2H3,(H2,24,25,28). The van der Waals surface area contributed by atoms with Crippen molar-refractivity contribution in [3.05, 3.63) is 77.6 Å². The zero-order chi connectivity index (χ0) is 20.4. The summed E-state index contributed by atoms with van der Waals surface area (Å²) in [5, 5.41) is 5.98. The number of methoxy groups -OCH3 is 1. The highest BCUT2D eigenvalue weighted by molar-refractivity contribution is 6.32. The molecule has 2 aromatic carbocycles. The summed E-state index contributed by atoms with van der Waals surface area (Å²) in [4.78, 5) is 16.9. The minimum atomic E-state index is -0.359. The molecule has 2 N–H and O–H groups in total. The van der Waals surface area contributed by atoms with Crippen LogP contribution in [0.2, 0.25) is 5.02 Å². The number of pyridine rings is 1. The van der Waals surface area contributed by atoms with Crippen LogP contribution >= 0.6 is 11.6 Å². The number of carbonyl (C=O) groups is 1. The maximum absolute atomic E-state index is 12.2. The lowest BCUT2D eigenvalue weighted by atomic mass is 10.1. The molecule has 4 aromatic rings. The molecule has 0 saturated carbocycles. The van der Waals surface area contributed by atoms with Gasteiger partial charge in [-0.15, -0.1) is 0 Å². The number of carbonyl (C=O) groups excluding carboxylic acids is 1. The molecule has 0 unspecified atom stereocenters. The van der Waals surface area contributed by atoms with Gasteiger partial charge < -0.3 is 19.8 Å². The molecular weight excluding hydrogens is 388 g/mol. The number of amides is 2. The van der Waals surface area contributed by atoms with E-state index in [4.69, 9.17) is 21.3 Å². The molecule has 0 spiro atoms. The van der Waals surface area contributed by atoms with Crippen molar-refractivity contribution >= 4 is 34.7 Å². The van der Waals surface area contributed by atoms with Gasteiger partial charge in [-0.1, -0.05) is 29.8 Å². The first-order valence-corrected chi connectivity index (χ1v) is 9.37. The van der Waals surface area contributed by atoms with E-state index in [-0.39, 0.29) is 6.03 Å². The molecule has 0 atom stereocenters. The molecule has 0 saturated heterocycles. The Balaban J connectivity index is 1.45. The average molecular weight is 407 g/mol. The molecule has 0 radical (unpaired) electrons. The van der Waals surface area contributed by atoms with Gasteiger partial charge in [-0.25, -0.2) is 9.78 Å². The number of nitrogens with zero attached hydrogens (tertiary/aromatic N) is 2. The van der Waals surface area contributed by atoms with E-state index >= 15 is 0 Å². The van der Waals surface area contributed by atoms with E-state index in [1.165, 1.54) is 7.11 Å². The van der Waals surface area contributed by atoms with Gasteiger partial charge in [0.25, 0.3) is 0 Å². The SMILES string of the molecule is COc1ccc(NC(=O)Nc2ccc(-c3cn4cccc(C)c4n3)cc2)cc1Cl. The van der Waals surface area contributed by atoms with E-state index in [2.05, 4.69) is 10.6 Å². The first kappa shape index (κ1) is 18.8. The number of fused-ring (bicyclic) bond motifs is 1.